The molecule has 0 saturated carbocycles. The van der Waals surface area contributed by atoms with Crippen LogP contribution >= 0.6 is 0 Å². The molecule has 2 heterocycles. The molecule has 0 atom stereocenters. The Balaban J connectivity index is 1.71. The van der Waals surface area contributed by atoms with Crippen molar-refractivity contribution >= 4 is 11.6 Å². The van der Waals surface area contributed by atoms with Crippen LogP contribution < -0.4 is 25.1 Å². The number of benzene rings is 2. The van der Waals surface area contributed by atoms with Gasteiger partial charge in [0.25, 0.3) is 11.4 Å². The van der Waals surface area contributed by atoms with Crippen molar-refractivity contribution in [3.8, 4) is 45.6 Å². The van der Waals surface area contributed by atoms with Crippen LogP contribution in [0.15, 0.2) is 51.7 Å². The lowest BCUT2D eigenvalue weighted by molar-refractivity contribution is -0.115. The van der Waals surface area contributed by atoms with E-state index in [-0.39, 0.29) is 29.5 Å². The van der Waals surface area contributed by atoms with Gasteiger partial charge in [0.1, 0.15) is 35.0 Å². The summed E-state index contributed by atoms with van der Waals surface area (Å²) in [6.45, 7) is 2.03. The number of aromatic hydroxyl groups is 1. The van der Waals surface area contributed by atoms with Crippen LogP contribution in [0, 0.1) is 0 Å². The SMILES string of the molecule is CCCCc1[nH]c(=O)c(-c2nnc(CC(=O)Nc3ccc(OC)cc3)o2)c(O)c1-c1c(OC)cccc1OC. The molecule has 0 aliphatic rings. The van der Waals surface area contributed by atoms with Gasteiger partial charge in [-0.3, -0.25) is 9.59 Å². The molecule has 0 radical (unpaired) electrons. The van der Waals surface area contributed by atoms with E-state index >= 15 is 0 Å². The molecule has 2 aromatic carbocycles. The third-order valence-electron chi connectivity index (χ3n) is 6.09. The molecule has 1 amide bonds. The van der Waals surface area contributed by atoms with Crippen LogP contribution in [0.3, 0.4) is 0 Å². The predicted octanol–water partition coefficient (Wildman–Crippen LogP) is 4.35. The first kappa shape index (κ1) is 27.2. The molecule has 4 aromatic rings. The molecule has 0 bridgehead atoms. The Bertz CT molecular complexity index is 1490. The quantitative estimate of drug-likeness (QED) is 0.255. The van der Waals surface area contributed by atoms with Crippen molar-refractivity contribution in [1.29, 1.82) is 0 Å². The second-order valence-corrected chi connectivity index (χ2v) is 8.63. The highest BCUT2D eigenvalue weighted by molar-refractivity contribution is 5.92. The molecular formula is C28H30N4O7. The molecule has 0 aliphatic heterocycles. The molecule has 204 valence electrons. The first-order valence-corrected chi connectivity index (χ1v) is 12.4. The number of amides is 1. The number of carbonyl (C=O) groups excluding carboxylic acids is 1. The average Bonchev–Trinajstić information content (AvgIpc) is 3.39. The molecule has 11 heteroatoms. The summed E-state index contributed by atoms with van der Waals surface area (Å²) < 4.78 is 21.9. The zero-order valence-corrected chi connectivity index (χ0v) is 22.2. The maximum Gasteiger partial charge on any atom is 0.264 e. The zero-order valence-electron chi connectivity index (χ0n) is 22.2. The van der Waals surface area contributed by atoms with Gasteiger partial charge in [0.2, 0.25) is 11.8 Å². The highest BCUT2D eigenvalue weighted by Crippen LogP contribution is 2.46. The van der Waals surface area contributed by atoms with Gasteiger partial charge in [-0.1, -0.05) is 19.4 Å². The van der Waals surface area contributed by atoms with Crippen LogP contribution in [0.5, 0.6) is 23.0 Å². The van der Waals surface area contributed by atoms with Gasteiger partial charge in [0.15, 0.2) is 0 Å². The summed E-state index contributed by atoms with van der Waals surface area (Å²) in [5.41, 5.74) is 1.07. The summed E-state index contributed by atoms with van der Waals surface area (Å²) in [5.74, 6) is 0.543. The number of aryl methyl sites for hydroxylation is 1. The molecule has 0 fully saturated rings. The number of ether oxygens (including phenoxy) is 3. The highest BCUT2D eigenvalue weighted by atomic mass is 16.5. The van der Waals surface area contributed by atoms with Gasteiger partial charge in [-0.2, -0.15) is 0 Å². The molecular weight excluding hydrogens is 504 g/mol. The normalized spacial score (nSPS) is 10.8. The topological polar surface area (TPSA) is 149 Å². The summed E-state index contributed by atoms with van der Waals surface area (Å²) in [5, 5.41) is 22.1. The lowest BCUT2D eigenvalue weighted by atomic mass is 9.96. The zero-order chi connectivity index (χ0) is 27.9. The Hall–Kier alpha value is -4.80. The number of aromatic nitrogens is 3. The van der Waals surface area contributed by atoms with Gasteiger partial charge in [0, 0.05) is 11.4 Å². The summed E-state index contributed by atoms with van der Waals surface area (Å²) in [7, 11) is 4.57. The van der Waals surface area contributed by atoms with Gasteiger partial charge in [-0.25, -0.2) is 0 Å². The van der Waals surface area contributed by atoms with Crippen molar-refractivity contribution < 1.29 is 28.5 Å². The minimum Gasteiger partial charge on any atom is -0.506 e. The van der Waals surface area contributed by atoms with Crippen LogP contribution in [0.25, 0.3) is 22.6 Å². The number of nitrogens with zero attached hydrogens (tertiary/aromatic N) is 2. The third-order valence-corrected chi connectivity index (χ3v) is 6.09. The van der Waals surface area contributed by atoms with E-state index in [1.807, 2.05) is 6.92 Å². The van der Waals surface area contributed by atoms with Crippen LogP contribution in [-0.4, -0.2) is 47.5 Å². The van der Waals surface area contributed by atoms with Gasteiger partial charge >= 0.3 is 0 Å². The molecule has 11 nitrogen and oxygen atoms in total. The number of unbranched alkanes of at least 4 members (excludes halogenated alkanes) is 1. The third kappa shape index (κ3) is 5.87. The van der Waals surface area contributed by atoms with Gasteiger partial charge in [-0.05, 0) is 49.2 Å². The van der Waals surface area contributed by atoms with Crippen LogP contribution in [0.2, 0.25) is 0 Å². The van der Waals surface area contributed by atoms with Crippen LogP contribution in [0.1, 0.15) is 31.4 Å². The number of pyridine rings is 1. The standard InChI is InChI=1S/C28H30N4O7/c1-5-6-8-18-23(24-19(37-3)9-7-10-20(24)38-4)26(34)25(27(35)30-18)28-32-31-22(39-28)15-21(33)29-16-11-13-17(36-2)14-12-16/h7,9-14H,5-6,8,15H2,1-4H3,(H,29,33)(H2,30,34,35). The second-order valence-electron chi connectivity index (χ2n) is 8.63. The van der Waals surface area contributed by atoms with E-state index in [1.165, 1.54) is 14.2 Å². The number of H-pyrrole nitrogens is 1. The van der Waals surface area contributed by atoms with Gasteiger partial charge in [-0.15, -0.1) is 10.2 Å². The minimum atomic E-state index is -0.603. The number of rotatable bonds is 11. The Morgan fingerprint density at radius 1 is 0.974 bits per heavy atom. The van der Waals surface area contributed by atoms with Crippen LogP contribution in [-0.2, 0) is 17.6 Å². The fourth-order valence-corrected chi connectivity index (χ4v) is 4.19. The Morgan fingerprint density at radius 2 is 1.67 bits per heavy atom. The molecule has 0 saturated heterocycles. The summed E-state index contributed by atoms with van der Waals surface area (Å²) >= 11 is 0. The van der Waals surface area contributed by atoms with E-state index in [0.717, 1.165) is 12.8 Å². The predicted molar refractivity (Wildman–Crippen MR) is 144 cm³/mol. The Morgan fingerprint density at radius 3 is 2.28 bits per heavy atom. The lowest BCUT2D eigenvalue weighted by Gasteiger charge is -2.18. The lowest BCUT2D eigenvalue weighted by Crippen LogP contribution is -2.15. The maximum absolute atomic E-state index is 13.1. The molecule has 0 spiro atoms. The van der Waals surface area contributed by atoms with E-state index in [1.54, 1.807) is 49.6 Å². The Labute approximate surface area is 224 Å². The average molecular weight is 535 g/mol. The van der Waals surface area contributed by atoms with Crippen molar-refractivity contribution in [2.24, 2.45) is 0 Å². The summed E-state index contributed by atoms with van der Waals surface area (Å²) in [6.07, 6.45) is 1.90. The number of hydrogen-bond donors (Lipinski definition) is 3. The van der Waals surface area contributed by atoms with E-state index in [0.29, 0.717) is 46.2 Å². The van der Waals surface area contributed by atoms with Crippen molar-refractivity contribution in [3.05, 3.63) is 64.4 Å². The van der Waals surface area contributed by atoms with Crippen LogP contribution in [0.4, 0.5) is 5.69 Å². The van der Waals surface area contributed by atoms with Gasteiger partial charge in [0.05, 0.1) is 32.5 Å². The second kappa shape index (κ2) is 12.2. The van der Waals surface area contributed by atoms with Gasteiger partial charge < -0.3 is 34.0 Å². The fraction of sp³-hybridized carbons (Fsp3) is 0.286. The molecule has 39 heavy (non-hydrogen) atoms. The largest absolute Gasteiger partial charge is 0.506 e. The smallest absolute Gasteiger partial charge is 0.264 e. The monoisotopic (exact) mass is 534 g/mol. The number of methoxy groups -OCH3 is 3. The summed E-state index contributed by atoms with van der Waals surface area (Å²) in [6, 6.07) is 12.1. The number of anilines is 1. The highest BCUT2D eigenvalue weighted by Gasteiger charge is 2.27. The molecule has 0 unspecified atom stereocenters. The van der Waals surface area contributed by atoms with E-state index in [2.05, 4.69) is 20.5 Å². The number of nitrogens with one attached hydrogen (secondary N) is 2. The maximum atomic E-state index is 13.1. The van der Waals surface area contributed by atoms with Crippen molar-refractivity contribution in [1.82, 2.24) is 15.2 Å². The van der Waals surface area contributed by atoms with E-state index in [4.69, 9.17) is 18.6 Å². The number of carbonyl (C=O) groups is 1. The first-order valence-electron chi connectivity index (χ1n) is 12.4. The van der Waals surface area contributed by atoms with Crippen molar-refractivity contribution in [2.75, 3.05) is 26.6 Å². The first-order chi connectivity index (χ1) is 18.9. The molecule has 4 rings (SSSR count). The minimum absolute atomic E-state index is 0.0266. The molecule has 2 aromatic heterocycles. The number of hydrogen-bond acceptors (Lipinski definition) is 9. The van der Waals surface area contributed by atoms with Crippen molar-refractivity contribution in [3.63, 3.8) is 0 Å². The van der Waals surface area contributed by atoms with Crippen molar-refractivity contribution in [2.45, 2.75) is 32.6 Å². The van der Waals surface area contributed by atoms with E-state index < -0.39 is 11.5 Å². The molecule has 3 N–H and O–H groups in total. The fourth-order valence-electron chi connectivity index (χ4n) is 4.19. The van der Waals surface area contributed by atoms with E-state index in [9.17, 15) is 14.7 Å². The molecule has 0 aliphatic carbocycles. The summed E-state index contributed by atoms with van der Waals surface area (Å²) in [4.78, 5) is 28.5. The Kier molecular flexibility index (Phi) is 8.50. The number of aromatic amines is 1.